The van der Waals surface area contributed by atoms with Crippen molar-refractivity contribution in [2.45, 2.75) is 40.2 Å². The van der Waals surface area contributed by atoms with Crippen LogP contribution in [-0.2, 0) is 11.3 Å². The molecular formula is C26H29N5O4. The highest BCUT2D eigenvalue weighted by molar-refractivity contribution is 5.91. The molecule has 2 aromatic carbocycles. The average Bonchev–Trinajstić information content (AvgIpc) is 3.27. The Balaban J connectivity index is 1.73. The number of ether oxygens (including phenoxy) is 2. The van der Waals surface area contributed by atoms with Gasteiger partial charge >= 0.3 is 0 Å². The van der Waals surface area contributed by atoms with Crippen LogP contribution in [0.2, 0.25) is 0 Å². The topological polar surface area (TPSA) is 100 Å². The Labute approximate surface area is 203 Å². The smallest absolute Gasteiger partial charge is 0.293 e. The Bertz CT molecular complexity index is 1470. The minimum absolute atomic E-state index is 0.0238. The zero-order chi connectivity index (χ0) is 25.3. The summed E-state index contributed by atoms with van der Waals surface area (Å²) in [5.74, 6) is 0.671. The largest absolute Gasteiger partial charge is 0.493 e. The molecule has 9 heteroatoms. The standard InChI is InChI=1S/C26H29N5O4/c1-15(2)24-20-13-27-31(19-9-7-16(3)17(4)11-19)25(20)26(33)30(29-24)14-23(32)28-18-8-10-21(34-5)22(12-18)35-6/h7-13,15H,14H2,1-6H3,(H,28,32). The van der Waals surface area contributed by atoms with Crippen LogP contribution in [0.25, 0.3) is 16.6 Å². The first-order chi connectivity index (χ1) is 16.7. The molecule has 0 saturated carbocycles. The highest BCUT2D eigenvalue weighted by Crippen LogP contribution is 2.30. The lowest BCUT2D eigenvalue weighted by Crippen LogP contribution is -2.31. The predicted molar refractivity (Wildman–Crippen MR) is 135 cm³/mol. The van der Waals surface area contributed by atoms with Gasteiger partial charge in [-0.2, -0.15) is 10.2 Å². The van der Waals surface area contributed by atoms with Crippen LogP contribution >= 0.6 is 0 Å². The summed E-state index contributed by atoms with van der Waals surface area (Å²) in [5.41, 5.74) is 4.26. The van der Waals surface area contributed by atoms with Gasteiger partial charge in [0.1, 0.15) is 12.1 Å². The molecule has 0 fully saturated rings. The maximum Gasteiger partial charge on any atom is 0.293 e. The number of carbonyl (C=O) groups is 1. The van der Waals surface area contributed by atoms with E-state index in [1.165, 1.54) is 11.8 Å². The molecule has 0 saturated heterocycles. The summed E-state index contributed by atoms with van der Waals surface area (Å²) >= 11 is 0. The zero-order valence-electron chi connectivity index (χ0n) is 20.7. The number of hydrogen-bond donors (Lipinski definition) is 1. The molecule has 1 amide bonds. The normalized spacial score (nSPS) is 11.2. The summed E-state index contributed by atoms with van der Waals surface area (Å²) < 4.78 is 13.4. The van der Waals surface area contributed by atoms with E-state index < -0.39 is 5.91 Å². The van der Waals surface area contributed by atoms with E-state index in [-0.39, 0.29) is 18.0 Å². The summed E-state index contributed by atoms with van der Waals surface area (Å²) in [5, 5.41) is 12.5. The third-order valence-electron chi connectivity index (χ3n) is 5.95. The third-order valence-corrected chi connectivity index (χ3v) is 5.95. The summed E-state index contributed by atoms with van der Waals surface area (Å²) in [7, 11) is 3.06. The van der Waals surface area contributed by atoms with Crippen molar-refractivity contribution in [1.29, 1.82) is 0 Å². The quantitative estimate of drug-likeness (QED) is 0.434. The van der Waals surface area contributed by atoms with Crippen molar-refractivity contribution in [2.24, 2.45) is 0 Å². The first-order valence-electron chi connectivity index (χ1n) is 11.3. The number of fused-ring (bicyclic) bond motifs is 1. The number of methoxy groups -OCH3 is 2. The van der Waals surface area contributed by atoms with Crippen LogP contribution in [0.1, 0.15) is 36.6 Å². The lowest BCUT2D eigenvalue weighted by Gasteiger charge is -2.13. The third kappa shape index (κ3) is 4.62. The predicted octanol–water partition coefficient (Wildman–Crippen LogP) is 3.98. The molecule has 0 bridgehead atoms. The fourth-order valence-corrected chi connectivity index (χ4v) is 3.93. The van der Waals surface area contributed by atoms with Crippen LogP contribution in [0, 0.1) is 13.8 Å². The van der Waals surface area contributed by atoms with Gasteiger partial charge in [0.2, 0.25) is 5.91 Å². The fraction of sp³-hybridized carbons (Fsp3) is 0.308. The van der Waals surface area contributed by atoms with E-state index in [1.807, 2.05) is 45.9 Å². The number of anilines is 1. The molecule has 0 spiro atoms. The summed E-state index contributed by atoms with van der Waals surface area (Å²) in [6.45, 7) is 7.79. The number of hydrogen-bond acceptors (Lipinski definition) is 6. The van der Waals surface area contributed by atoms with Crippen LogP contribution < -0.4 is 20.3 Å². The molecule has 0 unspecified atom stereocenters. The molecule has 2 aromatic heterocycles. The Hall–Kier alpha value is -4.14. The van der Waals surface area contributed by atoms with Crippen LogP contribution in [0.5, 0.6) is 11.5 Å². The SMILES string of the molecule is COc1ccc(NC(=O)Cn2nc(C(C)C)c3cnn(-c4ccc(C)c(C)c4)c3c2=O)cc1OC. The van der Waals surface area contributed by atoms with Gasteiger partial charge in [-0.05, 0) is 55.2 Å². The molecule has 0 atom stereocenters. The molecular weight excluding hydrogens is 446 g/mol. The lowest BCUT2D eigenvalue weighted by molar-refractivity contribution is -0.117. The molecule has 4 rings (SSSR count). The summed E-state index contributed by atoms with van der Waals surface area (Å²) in [4.78, 5) is 26.4. The molecule has 9 nitrogen and oxygen atoms in total. The molecule has 4 aromatic rings. The lowest BCUT2D eigenvalue weighted by atomic mass is 10.1. The van der Waals surface area contributed by atoms with Gasteiger partial charge in [0.15, 0.2) is 11.5 Å². The van der Waals surface area contributed by atoms with Gasteiger partial charge in [-0.15, -0.1) is 0 Å². The Morgan fingerprint density at radius 2 is 1.77 bits per heavy atom. The molecule has 35 heavy (non-hydrogen) atoms. The Morgan fingerprint density at radius 3 is 2.43 bits per heavy atom. The fourth-order valence-electron chi connectivity index (χ4n) is 3.93. The van der Waals surface area contributed by atoms with Gasteiger partial charge in [-0.1, -0.05) is 19.9 Å². The first kappa shape index (κ1) is 24.0. The van der Waals surface area contributed by atoms with Crippen molar-refractivity contribution in [3.05, 3.63) is 69.8 Å². The van der Waals surface area contributed by atoms with Crippen molar-refractivity contribution < 1.29 is 14.3 Å². The highest BCUT2D eigenvalue weighted by atomic mass is 16.5. The number of benzene rings is 2. The van der Waals surface area contributed by atoms with E-state index in [9.17, 15) is 9.59 Å². The number of carbonyl (C=O) groups excluding carboxylic acids is 1. The van der Waals surface area contributed by atoms with E-state index in [0.717, 1.165) is 16.8 Å². The minimum atomic E-state index is -0.391. The number of aryl methyl sites for hydroxylation is 2. The molecule has 1 N–H and O–H groups in total. The molecule has 2 heterocycles. The highest BCUT2D eigenvalue weighted by Gasteiger charge is 2.20. The van der Waals surface area contributed by atoms with Gasteiger partial charge in [0, 0.05) is 17.1 Å². The summed E-state index contributed by atoms with van der Waals surface area (Å²) in [6, 6.07) is 11.0. The van der Waals surface area contributed by atoms with Gasteiger partial charge in [-0.3, -0.25) is 9.59 Å². The van der Waals surface area contributed by atoms with E-state index in [1.54, 1.807) is 36.2 Å². The van der Waals surface area contributed by atoms with Crippen LogP contribution in [-0.4, -0.2) is 39.7 Å². The Morgan fingerprint density at radius 1 is 1.03 bits per heavy atom. The zero-order valence-corrected chi connectivity index (χ0v) is 20.7. The van der Waals surface area contributed by atoms with Crippen molar-refractivity contribution >= 4 is 22.5 Å². The maximum absolute atomic E-state index is 13.5. The second-order valence-corrected chi connectivity index (χ2v) is 8.71. The molecule has 0 radical (unpaired) electrons. The first-order valence-corrected chi connectivity index (χ1v) is 11.3. The molecule has 182 valence electrons. The van der Waals surface area contributed by atoms with Crippen molar-refractivity contribution in [3.8, 4) is 17.2 Å². The van der Waals surface area contributed by atoms with Crippen molar-refractivity contribution in [1.82, 2.24) is 19.6 Å². The Kier molecular flexibility index (Phi) is 6.59. The van der Waals surface area contributed by atoms with Crippen LogP contribution in [0.15, 0.2) is 47.4 Å². The molecule has 0 aliphatic heterocycles. The second-order valence-electron chi connectivity index (χ2n) is 8.71. The van der Waals surface area contributed by atoms with E-state index in [0.29, 0.717) is 33.8 Å². The van der Waals surface area contributed by atoms with Crippen molar-refractivity contribution in [2.75, 3.05) is 19.5 Å². The van der Waals surface area contributed by atoms with Crippen molar-refractivity contribution in [3.63, 3.8) is 0 Å². The molecule has 0 aliphatic rings. The molecule has 0 aliphatic carbocycles. The van der Waals surface area contributed by atoms with Gasteiger partial charge in [-0.25, -0.2) is 9.36 Å². The van der Waals surface area contributed by atoms with Crippen LogP contribution in [0.4, 0.5) is 5.69 Å². The van der Waals surface area contributed by atoms with Gasteiger partial charge in [0.25, 0.3) is 5.56 Å². The summed E-state index contributed by atoms with van der Waals surface area (Å²) in [6.07, 6.45) is 1.67. The number of nitrogens with one attached hydrogen (secondary N) is 1. The number of amides is 1. The van der Waals surface area contributed by atoms with Crippen LogP contribution in [0.3, 0.4) is 0 Å². The van der Waals surface area contributed by atoms with E-state index >= 15 is 0 Å². The number of nitrogens with zero attached hydrogens (tertiary/aromatic N) is 4. The second kappa shape index (κ2) is 9.61. The number of aromatic nitrogens is 4. The van der Waals surface area contributed by atoms with E-state index in [2.05, 4.69) is 15.5 Å². The van der Waals surface area contributed by atoms with Gasteiger partial charge < -0.3 is 14.8 Å². The van der Waals surface area contributed by atoms with Gasteiger partial charge in [0.05, 0.1) is 31.8 Å². The average molecular weight is 476 g/mol. The minimum Gasteiger partial charge on any atom is -0.493 e. The number of rotatable bonds is 7. The monoisotopic (exact) mass is 475 g/mol. The van der Waals surface area contributed by atoms with E-state index in [4.69, 9.17) is 9.47 Å². The maximum atomic E-state index is 13.5.